The third-order valence-corrected chi connectivity index (χ3v) is 4.01. The van der Waals surface area contributed by atoms with Gasteiger partial charge in [0.25, 0.3) is 0 Å². The summed E-state index contributed by atoms with van der Waals surface area (Å²) in [6.07, 6.45) is 0. The first-order valence-electron chi connectivity index (χ1n) is 8.37. The zero-order valence-electron chi connectivity index (χ0n) is 15.1. The Morgan fingerprint density at radius 1 is 0.920 bits per heavy atom. The molecule has 3 N–H and O–H groups in total. The molecule has 0 spiro atoms. The molecule has 0 aliphatic heterocycles. The van der Waals surface area contributed by atoms with Crippen LogP contribution in [0.2, 0.25) is 0 Å². The lowest BCUT2D eigenvalue weighted by Gasteiger charge is -2.12. The van der Waals surface area contributed by atoms with E-state index in [9.17, 15) is 9.59 Å². The molecule has 0 bridgehead atoms. The van der Waals surface area contributed by atoms with Crippen molar-refractivity contribution in [2.24, 2.45) is 5.92 Å². The molecule has 2 rings (SSSR count). The van der Waals surface area contributed by atoms with Crippen LogP contribution < -0.4 is 16.0 Å². The van der Waals surface area contributed by atoms with Crippen molar-refractivity contribution < 1.29 is 9.59 Å². The number of amides is 2. The van der Waals surface area contributed by atoms with Crippen molar-refractivity contribution in [2.45, 2.75) is 27.7 Å². The zero-order chi connectivity index (χ0) is 18.4. The van der Waals surface area contributed by atoms with Crippen molar-refractivity contribution in [1.29, 1.82) is 0 Å². The van der Waals surface area contributed by atoms with E-state index in [2.05, 4.69) is 16.0 Å². The van der Waals surface area contributed by atoms with Crippen LogP contribution >= 0.6 is 0 Å². The molecule has 0 aromatic heterocycles. The van der Waals surface area contributed by atoms with Gasteiger partial charge in [0.15, 0.2) is 0 Å². The number of carbonyl (C=O) groups is 2. The largest absolute Gasteiger partial charge is 0.376 e. The summed E-state index contributed by atoms with van der Waals surface area (Å²) in [5.74, 6) is -0.189. The second-order valence-electron chi connectivity index (χ2n) is 6.37. The molecule has 0 aliphatic rings. The highest BCUT2D eigenvalue weighted by atomic mass is 16.2. The number of aryl methyl sites for hydroxylation is 1. The number of hydrogen-bond acceptors (Lipinski definition) is 3. The van der Waals surface area contributed by atoms with Crippen LogP contribution in [0, 0.1) is 19.8 Å². The first-order chi connectivity index (χ1) is 11.9. The molecule has 0 unspecified atom stereocenters. The first-order valence-corrected chi connectivity index (χ1v) is 8.37. The van der Waals surface area contributed by atoms with Crippen molar-refractivity contribution in [3.63, 3.8) is 0 Å². The summed E-state index contributed by atoms with van der Waals surface area (Å²) >= 11 is 0. The molecular formula is C20H25N3O2. The van der Waals surface area contributed by atoms with Crippen LogP contribution in [0.15, 0.2) is 42.5 Å². The van der Waals surface area contributed by atoms with Crippen LogP contribution in [0.25, 0.3) is 0 Å². The van der Waals surface area contributed by atoms with Gasteiger partial charge in [-0.1, -0.05) is 26.0 Å². The fourth-order valence-electron chi connectivity index (χ4n) is 2.22. The van der Waals surface area contributed by atoms with E-state index in [1.54, 1.807) is 0 Å². The highest BCUT2D eigenvalue weighted by Gasteiger charge is 2.08. The minimum absolute atomic E-state index is 0.0198. The Labute approximate surface area is 148 Å². The van der Waals surface area contributed by atoms with E-state index < -0.39 is 0 Å². The van der Waals surface area contributed by atoms with E-state index in [1.165, 1.54) is 0 Å². The van der Waals surface area contributed by atoms with E-state index in [0.29, 0.717) is 0 Å². The number of anilines is 3. The lowest BCUT2D eigenvalue weighted by Crippen LogP contribution is -2.22. The number of hydrogen-bond donors (Lipinski definition) is 3. The smallest absolute Gasteiger partial charge is 0.243 e. The van der Waals surface area contributed by atoms with Gasteiger partial charge in [-0.2, -0.15) is 0 Å². The lowest BCUT2D eigenvalue weighted by molar-refractivity contribution is -0.119. The molecule has 5 nitrogen and oxygen atoms in total. The summed E-state index contributed by atoms with van der Waals surface area (Å²) in [6, 6.07) is 13.1. The number of benzene rings is 2. The van der Waals surface area contributed by atoms with Gasteiger partial charge in [0.2, 0.25) is 11.8 Å². The predicted molar refractivity (Wildman–Crippen MR) is 103 cm³/mol. The van der Waals surface area contributed by atoms with Crippen molar-refractivity contribution in [3.05, 3.63) is 53.6 Å². The molecule has 0 saturated heterocycles. The third-order valence-electron chi connectivity index (χ3n) is 4.01. The van der Waals surface area contributed by atoms with E-state index in [0.717, 1.165) is 28.2 Å². The second kappa shape index (κ2) is 8.33. The average Bonchev–Trinajstić information content (AvgIpc) is 2.58. The molecular weight excluding hydrogens is 314 g/mol. The summed E-state index contributed by atoms with van der Waals surface area (Å²) in [4.78, 5) is 23.8. The summed E-state index contributed by atoms with van der Waals surface area (Å²) in [5, 5.41) is 8.82. The molecule has 0 fully saturated rings. The number of carbonyl (C=O) groups excluding carboxylic acids is 2. The molecule has 25 heavy (non-hydrogen) atoms. The van der Waals surface area contributed by atoms with Crippen LogP contribution in [-0.4, -0.2) is 18.4 Å². The maximum atomic E-state index is 12.1. The first kappa shape index (κ1) is 18.5. The van der Waals surface area contributed by atoms with Crippen molar-refractivity contribution in [3.8, 4) is 0 Å². The Morgan fingerprint density at radius 2 is 1.56 bits per heavy atom. The van der Waals surface area contributed by atoms with Gasteiger partial charge in [-0.15, -0.1) is 0 Å². The van der Waals surface area contributed by atoms with Gasteiger partial charge in [-0.05, 0) is 55.3 Å². The minimum Gasteiger partial charge on any atom is -0.376 e. The van der Waals surface area contributed by atoms with Gasteiger partial charge in [-0.3, -0.25) is 9.59 Å². The Balaban J connectivity index is 1.87. The molecule has 0 saturated carbocycles. The summed E-state index contributed by atoms with van der Waals surface area (Å²) in [6.45, 7) is 7.87. The molecule has 132 valence electrons. The molecule has 0 atom stereocenters. The quantitative estimate of drug-likeness (QED) is 0.746. The van der Waals surface area contributed by atoms with Gasteiger partial charge >= 0.3 is 0 Å². The average molecular weight is 339 g/mol. The van der Waals surface area contributed by atoms with Gasteiger partial charge in [-0.25, -0.2) is 0 Å². The molecule has 2 aromatic rings. The second-order valence-corrected chi connectivity index (χ2v) is 6.37. The third kappa shape index (κ3) is 5.35. The van der Waals surface area contributed by atoms with Gasteiger partial charge < -0.3 is 16.0 Å². The van der Waals surface area contributed by atoms with E-state index >= 15 is 0 Å². The monoisotopic (exact) mass is 339 g/mol. The Bertz CT molecular complexity index is 752. The standard InChI is InChI=1S/C20H25N3O2/c1-13(2)20(25)22-17-10-8-16(9-11-17)21-12-19(24)23-18-7-5-6-14(3)15(18)4/h5-11,13,21H,12H2,1-4H3,(H,22,25)(H,23,24). The topological polar surface area (TPSA) is 70.2 Å². The maximum Gasteiger partial charge on any atom is 0.243 e. The fourth-order valence-corrected chi connectivity index (χ4v) is 2.22. The Morgan fingerprint density at radius 3 is 2.20 bits per heavy atom. The van der Waals surface area contributed by atoms with Crippen LogP contribution in [0.5, 0.6) is 0 Å². The van der Waals surface area contributed by atoms with Crippen LogP contribution in [0.3, 0.4) is 0 Å². The Hall–Kier alpha value is -2.82. The molecule has 0 aliphatic carbocycles. The SMILES string of the molecule is Cc1cccc(NC(=O)CNc2ccc(NC(=O)C(C)C)cc2)c1C. The van der Waals surface area contributed by atoms with Crippen molar-refractivity contribution in [1.82, 2.24) is 0 Å². The summed E-state index contributed by atoms with van der Waals surface area (Å²) in [7, 11) is 0. The molecule has 5 heteroatoms. The van der Waals surface area contributed by atoms with Gasteiger partial charge in [0.1, 0.15) is 0 Å². The van der Waals surface area contributed by atoms with Gasteiger partial charge in [0.05, 0.1) is 6.54 Å². The maximum absolute atomic E-state index is 12.1. The highest BCUT2D eigenvalue weighted by molar-refractivity contribution is 5.95. The van der Waals surface area contributed by atoms with E-state index in [4.69, 9.17) is 0 Å². The molecule has 0 radical (unpaired) electrons. The zero-order valence-corrected chi connectivity index (χ0v) is 15.1. The van der Waals surface area contributed by atoms with Gasteiger partial charge in [0, 0.05) is 23.0 Å². The minimum atomic E-state index is -0.106. The normalized spacial score (nSPS) is 10.4. The predicted octanol–water partition coefficient (Wildman–Crippen LogP) is 3.95. The Kier molecular flexibility index (Phi) is 6.17. The van der Waals surface area contributed by atoms with E-state index in [-0.39, 0.29) is 24.3 Å². The molecule has 2 amide bonds. The lowest BCUT2D eigenvalue weighted by atomic mass is 10.1. The van der Waals surface area contributed by atoms with E-state index in [1.807, 2.05) is 70.2 Å². The highest BCUT2D eigenvalue weighted by Crippen LogP contribution is 2.18. The molecule has 0 heterocycles. The van der Waals surface area contributed by atoms with Crippen LogP contribution in [0.4, 0.5) is 17.1 Å². The van der Waals surface area contributed by atoms with Crippen molar-refractivity contribution in [2.75, 3.05) is 22.5 Å². The molecule has 2 aromatic carbocycles. The summed E-state index contributed by atoms with van der Waals surface area (Å²) < 4.78 is 0. The van der Waals surface area contributed by atoms with Crippen LogP contribution in [0.1, 0.15) is 25.0 Å². The van der Waals surface area contributed by atoms with Crippen molar-refractivity contribution >= 4 is 28.9 Å². The number of rotatable bonds is 6. The summed E-state index contributed by atoms with van der Waals surface area (Å²) in [5.41, 5.74) is 4.60. The number of nitrogens with one attached hydrogen (secondary N) is 3. The van der Waals surface area contributed by atoms with Crippen LogP contribution in [-0.2, 0) is 9.59 Å². The fraction of sp³-hybridized carbons (Fsp3) is 0.300.